The van der Waals surface area contributed by atoms with E-state index in [0.717, 1.165) is 26.5 Å². The highest BCUT2D eigenvalue weighted by Gasteiger charge is 2.06. The summed E-state index contributed by atoms with van der Waals surface area (Å²) in [5, 5.41) is 5.31. The molecule has 0 bridgehead atoms. The van der Waals surface area contributed by atoms with E-state index in [1.807, 2.05) is 18.2 Å². The van der Waals surface area contributed by atoms with Crippen LogP contribution in [0, 0.1) is 0 Å². The van der Waals surface area contributed by atoms with Crippen molar-refractivity contribution in [1.29, 1.82) is 0 Å². The van der Waals surface area contributed by atoms with Crippen molar-refractivity contribution < 1.29 is 4.42 Å². The Morgan fingerprint density at radius 3 is 3.06 bits per heavy atom. The van der Waals surface area contributed by atoms with E-state index in [1.54, 1.807) is 23.8 Å². The van der Waals surface area contributed by atoms with Crippen LogP contribution < -0.4 is 11.1 Å². The number of thiazole rings is 1. The van der Waals surface area contributed by atoms with Crippen LogP contribution in [0.3, 0.4) is 0 Å². The second kappa shape index (κ2) is 4.80. The molecule has 3 aromatic rings. The summed E-state index contributed by atoms with van der Waals surface area (Å²) in [5.41, 5.74) is 7.60. The monoisotopic (exact) mass is 259 g/mol. The SMILES string of the molecule is NCc1cnc(NCc2coc3ccccc23)s1. The Morgan fingerprint density at radius 1 is 1.33 bits per heavy atom. The second-order valence-corrected chi connectivity index (χ2v) is 5.06. The van der Waals surface area contributed by atoms with Crippen LogP contribution in [0.5, 0.6) is 0 Å². The lowest BCUT2D eigenvalue weighted by atomic mass is 10.2. The molecule has 2 heterocycles. The van der Waals surface area contributed by atoms with Gasteiger partial charge in [-0.15, -0.1) is 11.3 Å². The van der Waals surface area contributed by atoms with Crippen LogP contribution in [0.25, 0.3) is 11.0 Å². The van der Waals surface area contributed by atoms with Crippen LogP contribution in [0.2, 0.25) is 0 Å². The Bertz CT molecular complexity index is 659. The predicted molar refractivity (Wildman–Crippen MR) is 73.5 cm³/mol. The van der Waals surface area contributed by atoms with E-state index < -0.39 is 0 Å². The molecule has 0 amide bonds. The molecule has 0 aliphatic rings. The van der Waals surface area contributed by atoms with Gasteiger partial charge in [-0.3, -0.25) is 0 Å². The molecule has 0 saturated carbocycles. The molecule has 5 heteroatoms. The Morgan fingerprint density at radius 2 is 2.22 bits per heavy atom. The lowest BCUT2D eigenvalue weighted by Gasteiger charge is -1.99. The topological polar surface area (TPSA) is 64.1 Å². The van der Waals surface area contributed by atoms with Crippen molar-refractivity contribution in [3.63, 3.8) is 0 Å². The zero-order valence-electron chi connectivity index (χ0n) is 9.72. The van der Waals surface area contributed by atoms with Crippen LogP contribution in [0.15, 0.2) is 41.1 Å². The molecule has 1 aromatic carbocycles. The van der Waals surface area contributed by atoms with Gasteiger partial charge in [0, 0.05) is 35.1 Å². The summed E-state index contributed by atoms with van der Waals surface area (Å²) in [7, 11) is 0. The smallest absolute Gasteiger partial charge is 0.183 e. The highest BCUT2D eigenvalue weighted by molar-refractivity contribution is 7.15. The number of hydrogen-bond acceptors (Lipinski definition) is 5. The maximum absolute atomic E-state index is 5.56. The summed E-state index contributed by atoms with van der Waals surface area (Å²) in [6.45, 7) is 1.24. The summed E-state index contributed by atoms with van der Waals surface area (Å²) < 4.78 is 5.49. The lowest BCUT2D eigenvalue weighted by Crippen LogP contribution is -1.97. The minimum atomic E-state index is 0.536. The van der Waals surface area contributed by atoms with E-state index in [4.69, 9.17) is 10.2 Å². The number of anilines is 1. The Labute approximate surface area is 108 Å². The maximum Gasteiger partial charge on any atom is 0.183 e. The van der Waals surface area contributed by atoms with Gasteiger partial charge < -0.3 is 15.5 Å². The Kier molecular flexibility index (Phi) is 3.00. The van der Waals surface area contributed by atoms with E-state index in [0.29, 0.717) is 13.1 Å². The van der Waals surface area contributed by atoms with Crippen molar-refractivity contribution in [3.8, 4) is 0 Å². The van der Waals surface area contributed by atoms with Crippen molar-refractivity contribution in [1.82, 2.24) is 4.98 Å². The average molecular weight is 259 g/mol. The first kappa shape index (κ1) is 11.3. The summed E-state index contributed by atoms with van der Waals surface area (Å²) in [6, 6.07) is 8.01. The summed E-state index contributed by atoms with van der Waals surface area (Å²) >= 11 is 1.58. The van der Waals surface area contributed by atoms with Gasteiger partial charge in [-0.2, -0.15) is 0 Å². The summed E-state index contributed by atoms with van der Waals surface area (Å²) in [6.07, 6.45) is 3.59. The van der Waals surface area contributed by atoms with Crippen LogP contribution in [0.4, 0.5) is 5.13 Å². The fourth-order valence-electron chi connectivity index (χ4n) is 1.82. The molecule has 0 spiro atoms. The normalized spacial score (nSPS) is 10.9. The molecule has 0 aliphatic carbocycles. The third-order valence-corrected chi connectivity index (χ3v) is 3.72. The minimum absolute atomic E-state index is 0.536. The van der Waals surface area contributed by atoms with Crippen LogP contribution in [0.1, 0.15) is 10.4 Å². The Balaban J connectivity index is 1.76. The highest BCUT2D eigenvalue weighted by Crippen LogP contribution is 2.23. The van der Waals surface area contributed by atoms with Crippen molar-refractivity contribution >= 4 is 27.4 Å². The number of furan rings is 1. The van der Waals surface area contributed by atoms with Gasteiger partial charge in [0.25, 0.3) is 0 Å². The molecule has 0 radical (unpaired) electrons. The minimum Gasteiger partial charge on any atom is -0.464 e. The van der Waals surface area contributed by atoms with Crippen molar-refractivity contribution in [2.24, 2.45) is 5.73 Å². The molecule has 2 aromatic heterocycles. The van der Waals surface area contributed by atoms with Crippen LogP contribution in [-0.4, -0.2) is 4.98 Å². The van der Waals surface area contributed by atoms with Gasteiger partial charge in [-0.25, -0.2) is 4.98 Å². The van der Waals surface area contributed by atoms with Gasteiger partial charge in [0.2, 0.25) is 0 Å². The van der Waals surface area contributed by atoms with E-state index >= 15 is 0 Å². The predicted octanol–water partition coefficient (Wildman–Crippen LogP) is 2.96. The number of rotatable bonds is 4. The van der Waals surface area contributed by atoms with E-state index in [2.05, 4.69) is 16.4 Å². The van der Waals surface area contributed by atoms with Crippen LogP contribution in [-0.2, 0) is 13.1 Å². The van der Waals surface area contributed by atoms with Crippen molar-refractivity contribution in [3.05, 3.63) is 47.2 Å². The number of nitrogens with one attached hydrogen (secondary N) is 1. The van der Waals surface area contributed by atoms with Gasteiger partial charge in [-0.1, -0.05) is 18.2 Å². The molecule has 3 rings (SSSR count). The Hall–Kier alpha value is -1.85. The molecular weight excluding hydrogens is 246 g/mol. The lowest BCUT2D eigenvalue weighted by molar-refractivity contribution is 0.611. The molecular formula is C13H13N3OS. The molecule has 3 N–H and O–H groups in total. The number of nitrogens with zero attached hydrogens (tertiary/aromatic N) is 1. The highest BCUT2D eigenvalue weighted by atomic mass is 32.1. The largest absolute Gasteiger partial charge is 0.464 e. The number of nitrogens with two attached hydrogens (primary N) is 1. The first-order chi connectivity index (χ1) is 8.86. The van der Waals surface area contributed by atoms with Crippen molar-refractivity contribution in [2.45, 2.75) is 13.1 Å². The fraction of sp³-hybridized carbons (Fsp3) is 0.154. The molecule has 0 unspecified atom stereocenters. The average Bonchev–Trinajstić information content (AvgIpc) is 3.03. The van der Waals surface area contributed by atoms with Gasteiger partial charge in [0.05, 0.1) is 6.26 Å². The third kappa shape index (κ3) is 2.10. The van der Waals surface area contributed by atoms with E-state index in [-0.39, 0.29) is 0 Å². The third-order valence-electron chi connectivity index (χ3n) is 2.75. The fourth-order valence-corrected chi connectivity index (χ4v) is 2.51. The molecule has 0 saturated heterocycles. The molecule has 18 heavy (non-hydrogen) atoms. The molecule has 92 valence electrons. The van der Waals surface area contributed by atoms with Gasteiger partial charge in [-0.05, 0) is 6.07 Å². The number of hydrogen-bond donors (Lipinski definition) is 2. The van der Waals surface area contributed by atoms with E-state index in [9.17, 15) is 0 Å². The first-order valence-corrected chi connectivity index (χ1v) is 6.52. The summed E-state index contributed by atoms with van der Waals surface area (Å²) in [4.78, 5) is 5.34. The van der Waals surface area contributed by atoms with Gasteiger partial charge in [0.1, 0.15) is 5.58 Å². The number of aromatic nitrogens is 1. The molecule has 4 nitrogen and oxygen atoms in total. The maximum atomic E-state index is 5.56. The molecule has 0 fully saturated rings. The van der Waals surface area contributed by atoms with E-state index in [1.165, 1.54) is 0 Å². The van der Waals surface area contributed by atoms with Crippen LogP contribution >= 0.6 is 11.3 Å². The number of benzene rings is 1. The molecule has 0 atom stereocenters. The zero-order chi connectivity index (χ0) is 12.4. The van der Waals surface area contributed by atoms with Gasteiger partial charge in [0.15, 0.2) is 5.13 Å². The first-order valence-electron chi connectivity index (χ1n) is 5.70. The summed E-state index contributed by atoms with van der Waals surface area (Å²) in [5.74, 6) is 0. The standard InChI is InChI=1S/C13H13N3OS/c14-5-10-7-16-13(18-10)15-6-9-8-17-12-4-2-1-3-11(9)12/h1-4,7-8H,5-6,14H2,(H,15,16). The molecule has 0 aliphatic heterocycles. The number of fused-ring (bicyclic) bond motifs is 1. The zero-order valence-corrected chi connectivity index (χ0v) is 10.5. The second-order valence-electron chi connectivity index (χ2n) is 3.95. The van der Waals surface area contributed by atoms with Gasteiger partial charge >= 0.3 is 0 Å². The number of para-hydroxylation sites is 1. The quantitative estimate of drug-likeness (QED) is 0.756. The van der Waals surface area contributed by atoms with Crippen molar-refractivity contribution in [2.75, 3.05) is 5.32 Å².